The third-order valence-electron chi connectivity index (χ3n) is 2.94. The van der Waals surface area contributed by atoms with E-state index in [0.29, 0.717) is 6.61 Å². The Morgan fingerprint density at radius 3 is 2.50 bits per heavy atom. The smallest absolute Gasteiger partial charge is 0.124 e. The summed E-state index contributed by atoms with van der Waals surface area (Å²) in [5, 5.41) is 3.14. The molecule has 2 rings (SSSR count). The molecular formula is C16H18INO2. The molecule has 106 valence electrons. The van der Waals surface area contributed by atoms with Crippen molar-refractivity contribution in [2.24, 2.45) is 0 Å². The molecule has 20 heavy (non-hydrogen) atoms. The topological polar surface area (TPSA) is 30.5 Å². The third kappa shape index (κ3) is 4.11. The molecule has 1 N–H and O–H groups in total. The highest BCUT2D eigenvalue weighted by Gasteiger charge is 2.05. The number of halogens is 1. The first-order valence-electron chi connectivity index (χ1n) is 6.41. The van der Waals surface area contributed by atoms with E-state index in [1.807, 2.05) is 25.2 Å². The molecule has 0 fully saturated rings. The Kier molecular flexibility index (Phi) is 5.67. The largest absolute Gasteiger partial charge is 0.497 e. The second-order valence-corrected chi connectivity index (χ2v) is 5.66. The van der Waals surface area contributed by atoms with Gasteiger partial charge in [-0.3, -0.25) is 0 Å². The highest BCUT2D eigenvalue weighted by atomic mass is 127. The van der Waals surface area contributed by atoms with Gasteiger partial charge in [0.25, 0.3) is 0 Å². The van der Waals surface area contributed by atoms with Crippen LogP contribution in [-0.4, -0.2) is 14.2 Å². The first kappa shape index (κ1) is 15.1. The fourth-order valence-corrected chi connectivity index (χ4v) is 2.25. The highest BCUT2D eigenvalue weighted by Crippen LogP contribution is 2.25. The van der Waals surface area contributed by atoms with Crippen LogP contribution < -0.4 is 14.8 Å². The number of nitrogens with one attached hydrogen (secondary N) is 1. The molecule has 0 bridgehead atoms. The first-order valence-corrected chi connectivity index (χ1v) is 7.49. The van der Waals surface area contributed by atoms with Crippen molar-refractivity contribution in [2.45, 2.75) is 13.2 Å². The average molecular weight is 383 g/mol. The lowest BCUT2D eigenvalue weighted by atomic mass is 10.2. The van der Waals surface area contributed by atoms with Gasteiger partial charge in [-0.2, -0.15) is 0 Å². The molecule has 0 aromatic heterocycles. The number of ether oxygens (including phenoxy) is 2. The maximum atomic E-state index is 5.92. The maximum Gasteiger partial charge on any atom is 0.124 e. The van der Waals surface area contributed by atoms with Crippen molar-refractivity contribution >= 4 is 22.6 Å². The van der Waals surface area contributed by atoms with Gasteiger partial charge in [-0.25, -0.2) is 0 Å². The number of methoxy groups -OCH3 is 1. The van der Waals surface area contributed by atoms with E-state index in [1.165, 1.54) is 3.57 Å². The minimum Gasteiger partial charge on any atom is -0.497 e. The predicted molar refractivity (Wildman–Crippen MR) is 89.2 cm³/mol. The van der Waals surface area contributed by atoms with Crippen molar-refractivity contribution in [3.63, 3.8) is 0 Å². The van der Waals surface area contributed by atoms with E-state index in [0.717, 1.165) is 29.2 Å². The maximum absolute atomic E-state index is 5.92. The van der Waals surface area contributed by atoms with E-state index < -0.39 is 0 Å². The van der Waals surface area contributed by atoms with Crippen molar-refractivity contribution in [3.8, 4) is 11.5 Å². The van der Waals surface area contributed by atoms with Crippen LogP contribution in [0.4, 0.5) is 0 Å². The Hall–Kier alpha value is -1.27. The minimum absolute atomic E-state index is 0.569. The molecule has 0 saturated carbocycles. The highest BCUT2D eigenvalue weighted by molar-refractivity contribution is 14.1. The summed E-state index contributed by atoms with van der Waals surface area (Å²) in [5.74, 6) is 1.73. The van der Waals surface area contributed by atoms with E-state index in [9.17, 15) is 0 Å². The van der Waals surface area contributed by atoms with E-state index >= 15 is 0 Å². The summed E-state index contributed by atoms with van der Waals surface area (Å²) in [6.45, 7) is 1.32. The van der Waals surface area contributed by atoms with Crippen molar-refractivity contribution in [1.29, 1.82) is 0 Å². The van der Waals surface area contributed by atoms with Gasteiger partial charge in [0.15, 0.2) is 0 Å². The van der Waals surface area contributed by atoms with E-state index in [4.69, 9.17) is 9.47 Å². The first-order chi connectivity index (χ1) is 9.72. The molecule has 0 saturated heterocycles. The molecule has 0 unspecified atom stereocenters. The van der Waals surface area contributed by atoms with Crippen LogP contribution in [0.25, 0.3) is 0 Å². The summed E-state index contributed by atoms with van der Waals surface area (Å²) in [6.07, 6.45) is 0. The number of hydrogen-bond acceptors (Lipinski definition) is 3. The lowest BCUT2D eigenvalue weighted by Crippen LogP contribution is -2.08. The predicted octanol–water partition coefficient (Wildman–Crippen LogP) is 3.60. The zero-order valence-corrected chi connectivity index (χ0v) is 13.8. The van der Waals surface area contributed by atoms with Gasteiger partial charge < -0.3 is 14.8 Å². The lowest BCUT2D eigenvalue weighted by molar-refractivity contribution is 0.301. The average Bonchev–Trinajstić information content (AvgIpc) is 2.48. The van der Waals surface area contributed by atoms with Crippen molar-refractivity contribution in [1.82, 2.24) is 5.32 Å². The van der Waals surface area contributed by atoms with Gasteiger partial charge in [0.1, 0.15) is 18.1 Å². The second-order valence-electron chi connectivity index (χ2n) is 4.42. The normalized spacial score (nSPS) is 10.3. The molecule has 4 heteroatoms. The number of benzene rings is 2. The summed E-state index contributed by atoms with van der Waals surface area (Å²) in [4.78, 5) is 0. The quantitative estimate of drug-likeness (QED) is 0.774. The van der Waals surface area contributed by atoms with E-state index in [1.54, 1.807) is 7.11 Å². The second kappa shape index (κ2) is 7.50. The van der Waals surface area contributed by atoms with Gasteiger partial charge in [-0.1, -0.05) is 12.1 Å². The Labute approximate surface area is 133 Å². The lowest BCUT2D eigenvalue weighted by Gasteiger charge is -2.13. The monoisotopic (exact) mass is 383 g/mol. The zero-order valence-electron chi connectivity index (χ0n) is 11.7. The van der Waals surface area contributed by atoms with Crippen LogP contribution in [0.2, 0.25) is 0 Å². The molecule has 0 amide bonds. The van der Waals surface area contributed by atoms with Gasteiger partial charge >= 0.3 is 0 Å². The van der Waals surface area contributed by atoms with Gasteiger partial charge in [-0.05, 0) is 65.5 Å². The van der Waals surface area contributed by atoms with Gasteiger partial charge in [0.05, 0.1) is 7.11 Å². The molecule has 0 heterocycles. The summed E-state index contributed by atoms with van der Waals surface area (Å²) in [5.41, 5.74) is 2.26. The molecule has 2 aromatic carbocycles. The Bertz CT molecular complexity index is 555. The standard InChI is InChI=1S/C16H18INO2/c1-18-10-13-9-15(19-2)7-8-16(13)20-11-12-3-5-14(17)6-4-12/h3-9,18H,10-11H2,1-2H3. The van der Waals surface area contributed by atoms with Gasteiger partial charge in [0.2, 0.25) is 0 Å². The molecule has 0 radical (unpaired) electrons. The van der Waals surface area contributed by atoms with Crippen molar-refractivity contribution in [2.75, 3.05) is 14.2 Å². The fraction of sp³-hybridized carbons (Fsp3) is 0.250. The van der Waals surface area contributed by atoms with Crippen molar-refractivity contribution < 1.29 is 9.47 Å². The summed E-state index contributed by atoms with van der Waals surface area (Å²) in [6, 6.07) is 14.2. The number of rotatable bonds is 6. The Morgan fingerprint density at radius 1 is 1.10 bits per heavy atom. The van der Waals surface area contributed by atoms with Crippen LogP contribution >= 0.6 is 22.6 Å². The summed E-state index contributed by atoms with van der Waals surface area (Å²) < 4.78 is 12.4. The van der Waals surface area contributed by atoms with Gasteiger partial charge in [0, 0.05) is 15.7 Å². The molecule has 0 aliphatic carbocycles. The zero-order chi connectivity index (χ0) is 14.4. The van der Waals surface area contributed by atoms with E-state index in [2.05, 4.69) is 52.2 Å². The SMILES string of the molecule is CNCc1cc(OC)ccc1OCc1ccc(I)cc1. The molecule has 2 aromatic rings. The summed E-state index contributed by atoms with van der Waals surface area (Å²) in [7, 11) is 3.59. The Morgan fingerprint density at radius 2 is 1.85 bits per heavy atom. The molecule has 0 spiro atoms. The molecule has 0 atom stereocenters. The molecular weight excluding hydrogens is 365 g/mol. The van der Waals surface area contributed by atoms with Crippen LogP contribution in [0, 0.1) is 3.57 Å². The van der Waals surface area contributed by atoms with Crippen LogP contribution in [0.5, 0.6) is 11.5 Å². The van der Waals surface area contributed by atoms with Crippen LogP contribution in [0.3, 0.4) is 0 Å². The fourth-order valence-electron chi connectivity index (χ4n) is 1.89. The number of hydrogen-bond donors (Lipinski definition) is 1. The molecule has 3 nitrogen and oxygen atoms in total. The van der Waals surface area contributed by atoms with Crippen LogP contribution in [-0.2, 0) is 13.2 Å². The Balaban J connectivity index is 2.09. The van der Waals surface area contributed by atoms with E-state index in [-0.39, 0.29) is 0 Å². The minimum atomic E-state index is 0.569. The van der Waals surface area contributed by atoms with Crippen molar-refractivity contribution in [3.05, 3.63) is 57.2 Å². The van der Waals surface area contributed by atoms with Gasteiger partial charge in [-0.15, -0.1) is 0 Å². The van der Waals surface area contributed by atoms with Crippen LogP contribution in [0.1, 0.15) is 11.1 Å². The third-order valence-corrected chi connectivity index (χ3v) is 3.66. The van der Waals surface area contributed by atoms with Crippen LogP contribution in [0.15, 0.2) is 42.5 Å². The summed E-state index contributed by atoms with van der Waals surface area (Å²) >= 11 is 2.30. The molecule has 0 aliphatic rings. The molecule has 0 aliphatic heterocycles.